The Morgan fingerprint density at radius 3 is 2.88 bits per heavy atom. The third-order valence-electron chi connectivity index (χ3n) is 3.19. The number of nitrogens with two attached hydrogens (primary N) is 1. The van der Waals surface area contributed by atoms with Gasteiger partial charge in [0, 0.05) is 10.4 Å². The molecule has 0 radical (unpaired) electrons. The molecule has 0 aliphatic heterocycles. The third kappa shape index (κ3) is 2.21. The molecule has 1 saturated carbocycles. The van der Waals surface area contributed by atoms with Crippen molar-refractivity contribution in [3.8, 4) is 0 Å². The number of fused-ring (bicyclic) bond motifs is 1. The lowest BCUT2D eigenvalue weighted by atomic mass is 10.1. The number of anilines is 1. The molecule has 1 aromatic heterocycles. The zero-order chi connectivity index (χ0) is 11.8. The predicted molar refractivity (Wildman–Crippen MR) is 71.0 cm³/mol. The Labute approximate surface area is 105 Å². The molecule has 17 heavy (non-hydrogen) atoms. The minimum absolute atomic E-state index is 0.720. The fraction of sp³-hybridized carbons (Fsp3) is 0.308. The Balaban J connectivity index is 2.10. The number of nitrogen functional groups attached to an aromatic ring is 1. The van der Waals surface area contributed by atoms with Gasteiger partial charge < -0.3 is 5.43 Å². The minimum Gasteiger partial charge on any atom is -0.322 e. The summed E-state index contributed by atoms with van der Waals surface area (Å²) in [5.74, 6) is 6.34. The number of pyridine rings is 1. The van der Waals surface area contributed by atoms with Crippen LogP contribution in [0.25, 0.3) is 10.9 Å². The Bertz CT molecular complexity index is 564. The zero-order valence-electron chi connectivity index (χ0n) is 9.41. The third-order valence-corrected chi connectivity index (χ3v) is 3.43. The van der Waals surface area contributed by atoms with Crippen molar-refractivity contribution in [1.29, 1.82) is 0 Å². The van der Waals surface area contributed by atoms with Gasteiger partial charge in [0.05, 0.1) is 16.9 Å². The van der Waals surface area contributed by atoms with Gasteiger partial charge in [0.1, 0.15) is 0 Å². The monoisotopic (exact) mass is 247 g/mol. The number of halogens is 1. The van der Waals surface area contributed by atoms with Crippen molar-refractivity contribution < 1.29 is 0 Å². The largest absolute Gasteiger partial charge is 0.322 e. The van der Waals surface area contributed by atoms with E-state index in [9.17, 15) is 0 Å². The topological polar surface area (TPSA) is 50.9 Å². The van der Waals surface area contributed by atoms with E-state index >= 15 is 0 Å². The number of benzene rings is 1. The summed E-state index contributed by atoms with van der Waals surface area (Å²) >= 11 is 5.97. The Morgan fingerprint density at radius 2 is 2.18 bits per heavy atom. The predicted octanol–water partition coefficient (Wildman–Crippen LogP) is 3.13. The van der Waals surface area contributed by atoms with Crippen LogP contribution in [0.3, 0.4) is 0 Å². The Hall–Kier alpha value is -1.32. The lowest BCUT2D eigenvalue weighted by Gasteiger charge is -2.09. The van der Waals surface area contributed by atoms with E-state index in [1.165, 1.54) is 12.8 Å². The van der Waals surface area contributed by atoms with Gasteiger partial charge in [-0.2, -0.15) is 0 Å². The number of nitrogens with zero attached hydrogens (tertiary/aromatic N) is 1. The van der Waals surface area contributed by atoms with Gasteiger partial charge in [0.25, 0.3) is 0 Å². The van der Waals surface area contributed by atoms with Crippen molar-refractivity contribution in [2.24, 2.45) is 11.8 Å². The zero-order valence-corrected chi connectivity index (χ0v) is 10.2. The average molecular weight is 248 g/mol. The summed E-state index contributed by atoms with van der Waals surface area (Å²) in [6.45, 7) is 0. The molecule has 1 aliphatic rings. The van der Waals surface area contributed by atoms with Gasteiger partial charge in [0.2, 0.25) is 0 Å². The van der Waals surface area contributed by atoms with Gasteiger partial charge >= 0.3 is 0 Å². The first-order valence-electron chi connectivity index (χ1n) is 5.82. The maximum atomic E-state index is 5.97. The molecule has 4 heteroatoms. The first kappa shape index (κ1) is 10.8. The second-order valence-electron chi connectivity index (χ2n) is 4.61. The standard InChI is InChI=1S/C13H14ClN3/c14-10-3-4-11-9(6-10)7-13(17-15)12(16-11)5-8-1-2-8/h3-4,6-8,17H,1-2,5,15H2. The van der Waals surface area contributed by atoms with Gasteiger partial charge in [-0.25, -0.2) is 0 Å². The van der Waals surface area contributed by atoms with E-state index in [1.807, 2.05) is 24.3 Å². The molecule has 0 amide bonds. The normalized spacial score (nSPS) is 15.2. The van der Waals surface area contributed by atoms with Gasteiger partial charge in [-0.3, -0.25) is 10.8 Å². The first-order chi connectivity index (χ1) is 8.26. The fourth-order valence-corrected chi connectivity index (χ4v) is 2.24. The molecule has 1 aromatic carbocycles. The molecule has 3 N–H and O–H groups in total. The summed E-state index contributed by atoms with van der Waals surface area (Å²) in [5, 5.41) is 1.74. The van der Waals surface area contributed by atoms with Gasteiger partial charge in [-0.05, 0) is 49.4 Å². The van der Waals surface area contributed by atoms with Crippen LogP contribution in [-0.2, 0) is 6.42 Å². The molecule has 1 heterocycles. The highest BCUT2D eigenvalue weighted by molar-refractivity contribution is 6.31. The van der Waals surface area contributed by atoms with E-state index in [0.29, 0.717) is 0 Å². The van der Waals surface area contributed by atoms with E-state index < -0.39 is 0 Å². The molecule has 88 valence electrons. The molecule has 0 spiro atoms. The SMILES string of the molecule is NNc1cc2cc(Cl)ccc2nc1CC1CC1. The molecule has 3 nitrogen and oxygen atoms in total. The molecule has 0 atom stereocenters. The maximum absolute atomic E-state index is 5.97. The van der Waals surface area contributed by atoms with Crippen molar-refractivity contribution in [3.05, 3.63) is 35.0 Å². The smallest absolute Gasteiger partial charge is 0.0708 e. The van der Waals surface area contributed by atoms with Crippen LogP contribution in [0.2, 0.25) is 5.02 Å². The van der Waals surface area contributed by atoms with Crippen molar-refractivity contribution in [2.45, 2.75) is 19.3 Å². The Morgan fingerprint density at radius 1 is 1.35 bits per heavy atom. The highest BCUT2D eigenvalue weighted by atomic mass is 35.5. The average Bonchev–Trinajstić information content (AvgIpc) is 3.12. The van der Waals surface area contributed by atoms with Crippen molar-refractivity contribution >= 4 is 28.2 Å². The Kier molecular flexibility index (Phi) is 2.65. The molecule has 3 rings (SSSR count). The number of hydrogen-bond acceptors (Lipinski definition) is 3. The van der Waals surface area contributed by atoms with Gasteiger partial charge in [0.15, 0.2) is 0 Å². The summed E-state index contributed by atoms with van der Waals surface area (Å²) in [4.78, 5) is 4.67. The van der Waals surface area contributed by atoms with Gasteiger partial charge in [-0.15, -0.1) is 0 Å². The van der Waals surface area contributed by atoms with Crippen LogP contribution in [0.4, 0.5) is 5.69 Å². The molecule has 0 unspecified atom stereocenters. The van der Waals surface area contributed by atoms with E-state index in [4.69, 9.17) is 17.4 Å². The van der Waals surface area contributed by atoms with Crippen molar-refractivity contribution in [2.75, 3.05) is 5.43 Å². The number of aromatic nitrogens is 1. The summed E-state index contributed by atoms with van der Waals surface area (Å²) in [5.41, 5.74) is 5.68. The van der Waals surface area contributed by atoms with Crippen LogP contribution in [-0.4, -0.2) is 4.98 Å². The molecular weight excluding hydrogens is 234 g/mol. The lowest BCUT2D eigenvalue weighted by molar-refractivity contribution is 0.810. The van der Waals surface area contributed by atoms with Crippen LogP contribution in [0.5, 0.6) is 0 Å². The number of hydrogen-bond donors (Lipinski definition) is 2. The van der Waals surface area contributed by atoms with E-state index in [1.54, 1.807) is 0 Å². The fourth-order valence-electron chi connectivity index (χ4n) is 2.06. The molecule has 1 fully saturated rings. The van der Waals surface area contributed by atoms with E-state index in [-0.39, 0.29) is 0 Å². The van der Waals surface area contributed by atoms with Crippen molar-refractivity contribution in [1.82, 2.24) is 4.98 Å². The lowest BCUT2D eigenvalue weighted by Crippen LogP contribution is -2.11. The first-order valence-corrected chi connectivity index (χ1v) is 6.20. The number of nitrogens with one attached hydrogen (secondary N) is 1. The number of hydrazine groups is 1. The summed E-state index contributed by atoms with van der Waals surface area (Å²) < 4.78 is 0. The van der Waals surface area contributed by atoms with Crippen LogP contribution < -0.4 is 11.3 Å². The highest BCUT2D eigenvalue weighted by Crippen LogP contribution is 2.34. The highest BCUT2D eigenvalue weighted by Gasteiger charge is 2.23. The summed E-state index contributed by atoms with van der Waals surface area (Å²) in [6, 6.07) is 7.75. The van der Waals surface area contributed by atoms with Crippen LogP contribution in [0.1, 0.15) is 18.5 Å². The molecule has 2 aromatic rings. The molecular formula is C13H14ClN3. The van der Waals surface area contributed by atoms with Crippen LogP contribution >= 0.6 is 11.6 Å². The number of rotatable bonds is 3. The van der Waals surface area contributed by atoms with Crippen LogP contribution in [0, 0.1) is 5.92 Å². The van der Waals surface area contributed by atoms with E-state index in [2.05, 4.69) is 10.4 Å². The maximum Gasteiger partial charge on any atom is 0.0708 e. The second kappa shape index (κ2) is 4.17. The summed E-state index contributed by atoms with van der Waals surface area (Å²) in [6.07, 6.45) is 3.63. The van der Waals surface area contributed by atoms with Gasteiger partial charge in [-0.1, -0.05) is 11.6 Å². The van der Waals surface area contributed by atoms with Crippen LogP contribution in [0.15, 0.2) is 24.3 Å². The molecule has 0 saturated heterocycles. The molecule has 0 bridgehead atoms. The van der Waals surface area contributed by atoms with Crippen molar-refractivity contribution in [3.63, 3.8) is 0 Å². The molecule has 1 aliphatic carbocycles. The van der Waals surface area contributed by atoms with E-state index in [0.717, 1.165) is 39.6 Å². The summed E-state index contributed by atoms with van der Waals surface area (Å²) in [7, 11) is 0. The second-order valence-corrected chi connectivity index (χ2v) is 5.05. The quantitative estimate of drug-likeness (QED) is 0.647. The minimum atomic E-state index is 0.720.